The van der Waals surface area contributed by atoms with Crippen LogP contribution in [-0.2, 0) is 4.79 Å². The first-order chi connectivity index (χ1) is 7.73. The highest BCUT2D eigenvalue weighted by atomic mass is 16.1. The van der Waals surface area contributed by atoms with Crippen LogP contribution in [0.5, 0.6) is 0 Å². The Bertz CT molecular complexity index is 282. The molecule has 18 heavy (non-hydrogen) atoms. The van der Waals surface area contributed by atoms with Gasteiger partial charge in [-0.2, -0.15) is 0 Å². The summed E-state index contributed by atoms with van der Waals surface area (Å²) in [5, 5.41) is 3.10. The predicted molar refractivity (Wildman–Crippen MR) is 78.3 cm³/mol. The Kier molecular flexibility index (Phi) is 5.42. The second-order valence-electron chi connectivity index (χ2n) is 8.35. The van der Waals surface area contributed by atoms with Gasteiger partial charge >= 0.3 is 0 Å². The van der Waals surface area contributed by atoms with E-state index in [4.69, 9.17) is 5.73 Å². The summed E-state index contributed by atoms with van der Waals surface area (Å²) >= 11 is 0. The minimum atomic E-state index is -0.188. The van der Waals surface area contributed by atoms with Gasteiger partial charge in [0, 0.05) is 18.0 Å². The van der Waals surface area contributed by atoms with E-state index in [-0.39, 0.29) is 28.3 Å². The van der Waals surface area contributed by atoms with Gasteiger partial charge in [0.05, 0.1) is 0 Å². The summed E-state index contributed by atoms with van der Waals surface area (Å²) in [4.78, 5) is 12.0. The summed E-state index contributed by atoms with van der Waals surface area (Å²) < 4.78 is 0. The second-order valence-corrected chi connectivity index (χ2v) is 8.35. The molecule has 1 unspecified atom stereocenters. The second kappa shape index (κ2) is 5.60. The highest BCUT2D eigenvalue weighted by molar-refractivity contribution is 5.77. The lowest BCUT2D eigenvalue weighted by Crippen LogP contribution is -2.48. The molecule has 0 fully saturated rings. The molecule has 0 spiro atoms. The zero-order valence-electron chi connectivity index (χ0n) is 13.5. The maximum atomic E-state index is 12.0. The van der Waals surface area contributed by atoms with Crippen LogP contribution in [0.15, 0.2) is 0 Å². The van der Waals surface area contributed by atoms with E-state index in [0.717, 1.165) is 6.42 Å². The van der Waals surface area contributed by atoms with Gasteiger partial charge in [-0.15, -0.1) is 0 Å². The van der Waals surface area contributed by atoms with Crippen molar-refractivity contribution in [1.82, 2.24) is 5.32 Å². The number of amides is 1. The lowest BCUT2D eigenvalue weighted by Gasteiger charge is -2.34. The van der Waals surface area contributed by atoms with Gasteiger partial charge in [-0.05, 0) is 31.1 Å². The van der Waals surface area contributed by atoms with E-state index in [1.165, 1.54) is 0 Å². The van der Waals surface area contributed by atoms with E-state index >= 15 is 0 Å². The SMILES string of the molecule is CC(C)(C)CC(C)(C)NC(=O)CC(N)C(C)(C)C. The fourth-order valence-electron chi connectivity index (χ4n) is 2.30. The molecule has 0 heterocycles. The lowest BCUT2D eigenvalue weighted by molar-refractivity contribution is -0.123. The smallest absolute Gasteiger partial charge is 0.221 e. The van der Waals surface area contributed by atoms with E-state index in [0.29, 0.717) is 6.42 Å². The van der Waals surface area contributed by atoms with Crippen molar-refractivity contribution in [2.24, 2.45) is 16.6 Å². The molecule has 0 aliphatic carbocycles. The van der Waals surface area contributed by atoms with Crippen LogP contribution >= 0.6 is 0 Å². The van der Waals surface area contributed by atoms with Crippen LogP contribution in [0.4, 0.5) is 0 Å². The Morgan fingerprint density at radius 3 is 1.83 bits per heavy atom. The molecule has 3 nitrogen and oxygen atoms in total. The van der Waals surface area contributed by atoms with Gasteiger partial charge in [0.15, 0.2) is 0 Å². The topological polar surface area (TPSA) is 55.1 Å². The Morgan fingerprint density at radius 1 is 1.06 bits per heavy atom. The normalized spacial score (nSPS) is 15.4. The van der Waals surface area contributed by atoms with Crippen molar-refractivity contribution in [3.63, 3.8) is 0 Å². The molecule has 0 aliphatic heterocycles. The zero-order valence-corrected chi connectivity index (χ0v) is 13.5. The predicted octanol–water partition coefficient (Wildman–Crippen LogP) is 3.08. The van der Waals surface area contributed by atoms with Gasteiger partial charge in [-0.3, -0.25) is 4.79 Å². The number of nitrogens with one attached hydrogen (secondary N) is 1. The van der Waals surface area contributed by atoms with Gasteiger partial charge in [-0.25, -0.2) is 0 Å². The molecule has 0 rings (SSSR count). The van der Waals surface area contributed by atoms with Crippen molar-refractivity contribution in [2.75, 3.05) is 0 Å². The molecule has 0 aromatic carbocycles. The third-order valence-corrected chi connectivity index (χ3v) is 2.97. The molecule has 1 amide bonds. The van der Waals surface area contributed by atoms with Crippen LogP contribution in [0.25, 0.3) is 0 Å². The molecular formula is C15H32N2O. The molecule has 0 aromatic heterocycles. The molecule has 3 N–H and O–H groups in total. The average Bonchev–Trinajstić information content (AvgIpc) is 1.94. The molecule has 0 aromatic rings. The van der Waals surface area contributed by atoms with Crippen molar-refractivity contribution in [1.29, 1.82) is 0 Å². The summed E-state index contributed by atoms with van der Waals surface area (Å²) in [6, 6.07) is -0.108. The third-order valence-electron chi connectivity index (χ3n) is 2.97. The average molecular weight is 256 g/mol. The Morgan fingerprint density at radius 2 is 1.50 bits per heavy atom. The first kappa shape index (κ1) is 17.4. The summed E-state index contributed by atoms with van der Waals surface area (Å²) in [7, 11) is 0. The van der Waals surface area contributed by atoms with Crippen molar-refractivity contribution in [3.05, 3.63) is 0 Å². The fourth-order valence-corrected chi connectivity index (χ4v) is 2.30. The summed E-state index contributed by atoms with van der Waals surface area (Å²) in [6.07, 6.45) is 1.33. The van der Waals surface area contributed by atoms with Crippen LogP contribution in [0, 0.1) is 10.8 Å². The minimum absolute atomic E-state index is 0.0362. The maximum absolute atomic E-state index is 12.0. The van der Waals surface area contributed by atoms with Crippen molar-refractivity contribution in [2.45, 2.75) is 79.8 Å². The molecule has 1 atom stereocenters. The van der Waals surface area contributed by atoms with E-state index in [1.54, 1.807) is 0 Å². The summed E-state index contributed by atoms with van der Waals surface area (Å²) in [5.74, 6) is 0.0478. The number of rotatable bonds is 4. The van der Waals surface area contributed by atoms with Crippen LogP contribution in [0.3, 0.4) is 0 Å². The van der Waals surface area contributed by atoms with Crippen LogP contribution in [0.1, 0.15) is 68.2 Å². The Balaban J connectivity index is 4.40. The van der Waals surface area contributed by atoms with E-state index in [9.17, 15) is 4.79 Å². The molecule has 0 radical (unpaired) electrons. The van der Waals surface area contributed by atoms with E-state index < -0.39 is 0 Å². The molecule has 0 aliphatic rings. The fraction of sp³-hybridized carbons (Fsp3) is 0.933. The highest BCUT2D eigenvalue weighted by Crippen LogP contribution is 2.27. The monoisotopic (exact) mass is 256 g/mol. The van der Waals surface area contributed by atoms with Crippen LogP contribution in [0.2, 0.25) is 0 Å². The number of hydrogen-bond donors (Lipinski definition) is 2. The minimum Gasteiger partial charge on any atom is -0.351 e. The largest absolute Gasteiger partial charge is 0.351 e. The number of carbonyl (C=O) groups excluding carboxylic acids is 1. The van der Waals surface area contributed by atoms with Crippen molar-refractivity contribution < 1.29 is 4.79 Å². The quantitative estimate of drug-likeness (QED) is 0.812. The van der Waals surface area contributed by atoms with Gasteiger partial charge in [0.25, 0.3) is 0 Å². The molecule has 0 saturated heterocycles. The van der Waals surface area contributed by atoms with Crippen LogP contribution < -0.4 is 11.1 Å². The maximum Gasteiger partial charge on any atom is 0.221 e. The van der Waals surface area contributed by atoms with Gasteiger partial charge in [-0.1, -0.05) is 41.5 Å². The van der Waals surface area contributed by atoms with Gasteiger partial charge in [0.2, 0.25) is 5.91 Å². The summed E-state index contributed by atoms with van der Waals surface area (Å²) in [6.45, 7) is 16.9. The van der Waals surface area contributed by atoms with Gasteiger partial charge in [0.1, 0.15) is 0 Å². The summed E-state index contributed by atoms with van der Waals surface area (Å²) in [5.41, 5.74) is 6.01. The van der Waals surface area contributed by atoms with Crippen molar-refractivity contribution in [3.8, 4) is 0 Å². The number of hydrogen-bond acceptors (Lipinski definition) is 2. The molecule has 0 saturated carbocycles. The zero-order chi connectivity index (χ0) is 14.8. The van der Waals surface area contributed by atoms with Crippen LogP contribution in [-0.4, -0.2) is 17.5 Å². The lowest BCUT2D eigenvalue weighted by atomic mass is 9.81. The third kappa shape index (κ3) is 7.70. The Hall–Kier alpha value is -0.570. The first-order valence-electron chi connectivity index (χ1n) is 6.80. The first-order valence-corrected chi connectivity index (χ1v) is 6.80. The van der Waals surface area contributed by atoms with E-state index in [2.05, 4.69) is 60.7 Å². The molecule has 108 valence electrons. The number of carbonyl (C=O) groups is 1. The Labute approximate surface area is 113 Å². The highest BCUT2D eigenvalue weighted by Gasteiger charge is 2.29. The van der Waals surface area contributed by atoms with Gasteiger partial charge < -0.3 is 11.1 Å². The molecule has 0 bridgehead atoms. The molecule has 3 heteroatoms. The number of nitrogens with two attached hydrogens (primary N) is 1. The van der Waals surface area contributed by atoms with E-state index in [1.807, 2.05) is 0 Å². The standard InChI is InChI=1S/C15H32N2O/c1-13(2,3)10-15(7,8)17-12(18)9-11(16)14(4,5)6/h11H,9-10,16H2,1-8H3,(H,17,18). The molecular weight excluding hydrogens is 224 g/mol. The van der Waals surface area contributed by atoms with Crippen molar-refractivity contribution >= 4 is 5.91 Å².